The summed E-state index contributed by atoms with van der Waals surface area (Å²) in [6.07, 6.45) is 7.21. The maximum Gasteiger partial charge on any atom is -0.0297 e. The first-order chi connectivity index (χ1) is 4.69. The summed E-state index contributed by atoms with van der Waals surface area (Å²) in [6.45, 7) is 7.10. The molecule has 1 saturated carbocycles. The Labute approximate surface area is 65.0 Å². The van der Waals surface area contributed by atoms with Crippen molar-refractivity contribution in [2.45, 2.75) is 52.9 Å². The monoisotopic (exact) mass is 140 g/mol. The molecule has 0 heteroatoms. The summed E-state index contributed by atoms with van der Waals surface area (Å²) in [6, 6.07) is 0. The highest BCUT2D eigenvalue weighted by Gasteiger charge is 2.45. The van der Waals surface area contributed by atoms with Crippen molar-refractivity contribution in [1.82, 2.24) is 0 Å². The van der Waals surface area contributed by atoms with Gasteiger partial charge < -0.3 is 0 Å². The summed E-state index contributed by atoms with van der Waals surface area (Å²) in [5.41, 5.74) is 0.759. The lowest BCUT2D eigenvalue weighted by molar-refractivity contribution is 0.446. The van der Waals surface area contributed by atoms with Crippen molar-refractivity contribution in [1.29, 1.82) is 0 Å². The van der Waals surface area contributed by atoms with Gasteiger partial charge in [0.25, 0.3) is 0 Å². The van der Waals surface area contributed by atoms with Crippen molar-refractivity contribution in [3.63, 3.8) is 0 Å². The number of rotatable bonds is 4. The van der Waals surface area contributed by atoms with Crippen molar-refractivity contribution >= 4 is 0 Å². The molecule has 0 aromatic rings. The molecular weight excluding hydrogens is 120 g/mol. The largest absolute Gasteiger partial charge is 0.0654 e. The Hall–Kier alpha value is 0. The summed E-state index contributed by atoms with van der Waals surface area (Å²) < 4.78 is 0. The Balaban J connectivity index is 2.03. The van der Waals surface area contributed by atoms with Gasteiger partial charge in [-0.2, -0.15) is 0 Å². The molecule has 0 spiro atoms. The number of unbranched alkanes of at least 4 members (excludes halogenated alkanes) is 2. The molecule has 2 atom stereocenters. The van der Waals surface area contributed by atoms with Crippen LogP contribution in [0.4, 0.5) is 0 Å². The summed E-state index contributed by atoms with van der Waals surface area (Å²) >= 11 is 0. The smallest absolute Gasteiger partial charge is 0.0297 e. The fourth-order valence-electron chi connectivity index (χ4n) is 1.77. The van der Waals surface area contributed by atoms with Crippen molar-refractivity contribution in [3.8, 4) is 0 Å². The van der Waals surface area contributed by atoms with Crippen LogP contribution in [0.1, 0.15) is 52.9 Å². The molecule has 0 N–H and O–H groups in total. The standard InChI is InChI=1S/C10H20/c1-4-5-6-7-10(3)8-9(10)2/h9H,4-8H2,1-3H3/t9-,10+/m0/s1. The lowest BCUT2D eigenvalue weighted by Gasteiger charge is -2.07. The summed E-state index contributed by atoms with van der Waals surface area (Å²) in [4.78, 5) is 0. The molecule has 10 heavy (non-hydrogen) atoms. The lowest BCUT2D eigenvalue weighted by Crippen LogP contribution is -1.95. The highest BCUT2D eigenvalue weighted by Crippen LogP contribution is 2.55. The van der Waals surface area contributed by atoms with Gasteiger partial charge in [-0.25, -0.2) is 0 Å². The zero-order valence-corrected chi connectivity index (χ0v) is 7.61. The molecule has 0 amide bonds. The molecular formula is C10H20. The molecule has 0 aromatic heterocycles. The van der Waals surface area contributed by atoms with Gasteiger partial charge in [0, 0.05) is 0 Å². The Morgan fingerprint density at radius 2 is 2.00 bits per heavy atom. The predicted octanol–water partition coefficient (Wildman–Crippen LogP) is 3.61. The number of hydrogen-bond acceptors (Lipinski definition) is 0. The van der Waals surface area contributed by atoms with Crippen LogP contribution in [-0.4, -0.2) is 0 Å². The Morgan fingerprint density at radius 1 is 1.40 bits per heavy atom. The van der Waals surface area contributed by atoms with Gasteiger partial charge in [-0.1, -0.05) is 40.0 Å². The van der Waals surface area contributed by atoms with E-state index in [1.165, 1.54) is 32.1 Å². The minimum absolute atomic E-state index is 0.759. The van der Waals surface area contributed by atoms with Crippen molar-refractivity contribution in [3.05, 3.63) is 0 Å². The third-order valence-electron chi connectivity index (χ3n) is 3.15. The fourth-order valence-corrected chi connectivity index (χ4v) is 1.77. The van der Waals surface area contributed by atoms with Gasteiger partial charge in [0.1, 0.15) is 0 Å². The summed E-state index contributed by atoms with van der Waals surface area (Å²) in [5, 5.41) is 0. The van der Waals surface area contributed by atoms with E-state index in [0.29, 0.717) is 0 Å². The first-order valence-electron chi connectivity index (χ1n) is 4.69. The Kier molecular flexibility index (Phi) is 2.38. The molecule has 0 aliphatic heterocycles. The molecule has 0 unspecified atom stereocenters. The van der Waals surface area contributed by atoms with E-state index in [1.54, 1.807) is 0 Å². The second-order valence-corrected chi connectivity index (χ2v) is 4.22. The molecule has 0 nitrogen and oxygen atoms in total. The molecule has 1 rings (SSSR count). The van der Waals surface area contributed by atoms with E-state index in [2.05, 4.69) is 20.8 Å². The van der Waals surface area contributed by atoms with Crippen LogP contribution in [0.15, 0.2) is 0 Å². The van der Waals surface area contributed by atoms with E-state index in [-0.39, 0.29) is 0 Å². The summed E-state index contributed by atoms with van der Waals surface area (Å²) in [7, 11) is 0. The van der Waals surface area contributed by atoms with Crippen LogP contribution in [0.2, 0.25) is 0 Å². The zero-order valence-electron chi connectivity index (χ0n) is 7.61. The number of hydrogen-bond donors (Lipinski definition) is 0. The van der Waals surface area contributed by atoms with E-state index < -0.39 is 0 Å². The van der Waals surface area contributed by atoms with Gasteiger partial charge in [-0.3, -0.25) is 0 Å². The first kappa shape index (κ1) is 8.10. The van der Waals surface area contributed by atoms with E-state index in [4.69, 9.17) is 0 Å². The average molecular weight is 140 g/mol. The second kappa shape index (κ2) is 2.94. The van der Waals surface area contributed by atoms with E-state index in [9.17, 15) is 0 Å². The molecule has 0 saturated heterocycles. The molecule has 0 radical (unpaired) electrons. The van der Waals surface area contributed by atoms with Crippen LogP contribution in [0.25, 0.3) is 0 Å². The molecule has 0 aromatic carbocycles. The highest BCUT2D eigenvalue weighted by molar-refractivity contribution is 4.95. The zero-order chi connectivity index (χ0) is 7.61. The minimum Gasteiger partial charge on any atom is -0.0654 e. The maximum atomic E-state index is 2.44. The van der Waals surface area contributed by atoms with E-state index in [1.807, 2.05) is 0 Å². The maximum absolute atomic E-state index is 2.44. The van der Waals surface area contributed by atoms with Gasteiger partial charge in [-0.05, 0) is 24.2 Å². The molecule has 0 heterocycles. The topological polar surface area (TPSA) is 0 Å². The molecule has 1 aliphatic rings. The van der Waals surface area contributed by atoms with Crippen molar-refractivity contribution in [2.24, 2.45) is 11.3 Å². The SMILES string of the molecule is CCCCC[C@]1(C)C[C@@H]1C. The van der Waals surface area contributed by atoms with Crippen molar-refractivity contribution < 1.29 is 0 Å². The predicted molar refractivity (Wildman–Crippen MR) is 46.0 cm³/mol. The molecule has 1 fully saturated rings. The van der Waals surface area contributed by atoms with Gasteiger partial charge >= 0.3 is 0 Å². The molecule has 0 bridgehead atoms. The highest BCUT2D eigenvalue weighted by atomic mass is 14.5. The Morgan fingerprint density at radius 3 is 2.40 bits per heavy atom. The third kappa shape index (κ3) is 1.74. The van der Waals surface area contributed by atoms with Gasteiger partial charge in [-0.15, -0.1) is 0 Å². The second-order valence-electron chi connectivity index (χ2n) is 4.22. The van der Waals surface area contributed by atoms with Gasteiger partial charge in [0.05, 0.1) is 0 Å². The summed E-state index contributed by atoms with van der Waals surface area (Å²) in [5.74, 6) is 1.02. The quantitative estimate of drug-likeness (QED) is 0.523. The van der Waals surface area contributed by atoms with Crippen LogP contribution in [0.3, 0.4) is 0 Å². The lowest BCUT2D eigenvalue weighted by atomic mass is 9.98. The normalized spacial score (nSPS) is 38.1. The average Bonchev–Trinajstić information content (AvgIpc) is 2.42. The fraction of sp³-hybridized carbons (Fsp3) is 1.00. The van der Waals surface area contributed by atoms with E-state index >= 15 is 0 Å². The third-order valence-corrected chi connectivity index (χ3v) is 3.15. The Bertz CT molecular complexity index is 107. The van der Waals surface area contributed by atoms with E-state index in [0.717, 1.165) is 11.3 Å². The molecule has 1 aliphatic carbocycles. The van der Waals surface area contributed by atoms with Gasteiger partial charge in [0.15, 0.2) is 0 Å². The van der Waals surface area contributed by atoms with Crippen LogP contribution >= 0.6 is 0 Å². The minimum atomic E-state index is 0.759. The van der Waals surface area contributed by atoms with Crippen LogP contribution in [-0.2, 0) is 0 Å². The van der Waals surface area contributed by atoms with Crippen LogP contribution in [0, 0.1) is 11.3 Å². The van der Waals surface area contributed by atoms with Crippen LogP contribution < -0.4 is 0 Å². The first-order valence-corrected chi connectivity index (χ1v) is 4.69. The molecule has 60 valence electrons. The van der Waals surface area contributed by atoms with Crippen molar-refractivity contribution in [2.75, 3.05) is 0 Å². The van der Waals surface area contributed by atoms with Gasteiger partial charge in [0.2, 0.25) is 0 Å². The van der Waals surface area contributed by atoms with Crippen LogP contribution in [0.5, 0.6) is 0 Å².